The summed E-state index contributed by atoms with van der Waals surface area (Å²) in [5, 5.41) is 10.4. The number of aliphatic hydroxyl groups excluding tert-OH is 1. The van der Waals surface area contributed by atoms with Gasteiger partial charge in [0, 0.05) is 0 Å². The van der Waals surface area contributed by atoms with Crippen molar-refractivity contribution >= 4 is 0 Å². The Morgan fingerprint density at radius 1 is 1.00 bits per heavy atom. The molecule has 6 unspecified atom stereocenters. The van der Waals surface area contributed by atoms with E-state index in [1.807, 2.05) is 0 Å². The first kappa shape index (κ1) is 14.7. The lowest BCUT2D eigenvalue weighted by atomic mass is 9.74. The van der Waals surface area contributed by atoms with Crippen LogP contribution in [-0.2, 0) is 0 Å². The van der Waals surface area contributed by atoms with Gasteiger partial charge in [-0.1, -0.05) is 12.8 Å². The van der Waals surface area contributed by atoms with Gasteiger partial charge in [-0.3, -0.25) is 0 Å². The van der Waals surface area contributed by atoms with Crippen LogP contribution in [0.25, 0.3) is 0 Å². The molecule has 116 valence electrons. The first-order valence-electron chi connectivity index (χ1n) is 8.18. The second-order valence-corrected chi connectivity index (χ2v) is 7.40. The zero-order chi connectivity index (χ0) is 14.3. The molecule has 0 spiro atoms. The maximum atomic E-state index is 12.8. The second-order valence-electron chi connectivity index (χ2n) is 7.40. The zero-order valence-electron chi connectivity index (χ0n) is 11.9. The molecule has 3 saturated carbocycles. The van der Waals surface area contributed by atoms with Gasteiger partial charge in [-0.2, -0.15) is 13.2 Å². The molecule has 0 aromatic rings. The molecule has 0 radical (unpaired) electrons. The minimum absolute atomic E-state index is 0.130. The van der Waals surface area contributed by atoms with Gasteiger partial charge in [0.15, 0.2) is 0 Å². The van der Waals surface area contributed by atoms with Crippen molar-refractivity contribution in [3.05, 3.63) is 0 Å². The largest absolute Gasteiger partial charge is 0.393 e. The van der Waals surface area contributed by atoms with Crippen molar-refractivity contribution in [1.82, 2.24) is 0 Å². The van der Waals surface area contributed by atoms with Crippen LogP contribution >= 0.6 is 0 Å². The van der Waals surface area contributed by atoms with E-state index in [0.717, 1.165) is 24.7 Å². The molecule has 1 nitrogen and oxygen atoms in total. The molecule has 0 aromatic heterocycles. The monoisotopic (exact) mass is 290 g/mol. The van der Waals surface area contributed by atoms with E-state index in [1.165, 1.54) is 25.7 Å². The molecule has 0 aromatic carbocycles. The van der Waals surface area contributed by atoms with E-state index in [4.69, 9.17) is 0 Å². The standard InChI is InChI=1S/C16H25F3O/c17-16(18,19)14-3-1-2-12(8-14)15(20)9-13-7-10-4-5-11(13)6-10/h10-15,20H,1-9H2. The van der Waals surface area contributed by atoms with E-state index in [1.54, 1.807) is 0 Å². The number of fused-ring (bicyclic) bond motifs is 2. The second kappa shape index (κ2) is 5.51. The number of alkyl halides is 3. The summed E-state index contributed by atoms with van der Waals surface area (Å²) in [6.07, 6.45) is 3.05. The number of hydrogen-bond donors (Lipinski definition) is 1. The molecule has 6 atom stereocenters. The smallest absolute Gasteiger partial charge is 0.391 e. The van der Waals surface area contributed by atoms with Crippen molar-refractivity contribution < 1.29 is 18.3 Å². The highest BCUT2D eigenvalue weighted by atomic mass is 19.4. The molecule has 0 saturated heterocycles. The summed E-state index contributed by atoms with van der Waals surface area (Å²) < 4.78 is 38.5. The maximum Gasteiger partial charge on any atom is 0.391 e. The van der Waals surface area contributed by atoms with Crippen molar-refractivity contribution in [2.24, 2.45) is 29.6 Å². The summed E-state index contributed by atoms with van der Waals surface area (Å²) in [6.45, 7) is 0. The molecule has 3 rings (SSSR count). The third kappa shape index (κ3) is 3.00. The minimum atomic E-state index is -4.08. The zero-order valence-corrected chi connectivity index (χ0v) is 11.9. The highest BCUT2D eigenvalue weighted by molar-refractivity contribution is 4.92. The Morgan fingerprint density at radius 3 is 2.40 bits per heavy atom. The molecular formula is C16H25F3O. The van der Waals surface area contributed by atoms with E-state index in [2.05, 4.69) is 0 Å². The third-order valence-corrected chi connectivity index (χ3v) is 6.15. The topological polar surface area (TPSA) is 20.2 Å². The molecule has 2 bridgehead atoms. The van der Waals surface area contributed by atoms with E-state index in [0.29, 0.717) is 12.3 Å². The molecular weight excluding hydrogens is 265 g/mol. The van der Waals surface area contributed by atoms with Gasteiger partial charge < -0.3 is 5.11 Å². The van der Waals surface area contributed by atoms with Crippen LogP contribution in [0.15, 0.2) is 0 Å². The highest BCUT2D eigenvalue weighted by Gasteiger charge is 2.45. The lowest BCUT2D eigenvalue weighted by Crippen LogP contribution is -2.34. The quantitative estimate of drug-likeness (QED) is 0.809. The first-order valence-corrected chi connectivity index (χ1v) is 8.18. The molecule has 0 aliphatic heterocycles. The van der Waals surface area contributed by atoms with E-state index >= 15 is 0 Å². The fraction of sp³-hybridized carbons (Fsp3) is 1.00. The molecule has 1 N–H and O–H groups in total. The van der Waals surface area contributed by atoms with Crippen LogP contribution < -0.4 is 0 Å². The molecule has 3 aliphatic rings. The predicted molar refractivity (Wildman–Crippen MR) is 71.1 cm³/mol. The van der Waals surface area contributed by atoms with Gasteiger partial charge in [0.25, 0.3) is 0 Å². The fourth-order valence-electron chi connectivity index (χ4n) is 5.04. The Balaban J connectivity index is 1.53. The number of halogens is 3. The fourth-order valence-corrected chi connectivity index (χ4v) is 5.04. The van der Waals surface area contributed by atoms with Gasteiger partial charge in [-0.15, -0.1) is 0 Å². The van der Waals surface area contributed by atoms with E-state index in [-0.39, 0.29) is 18.8 Å². The van der Waals surface area contributed by atoms with Crippen LogP contribution in [0.3, 0.4) is 0 Å². The average molecular weight is 290 g/mol. The molecule has 4 heteroatoms. The Morgan fingerprint density at radius 2 is 1.80 bits per heavy atom. The lowest BCUT2D eigenvalue weighted by molar-refractivity contribution is -0.189. The summed E-state index contributed by atoms with van der Waals surface area (Å²) in [5.41, 5.74) is 0. The minimum Gasteiger partial charge on any atom is -0.393 e. The van der Waals surface area contributed by atoms with Crippen LogP contribution in [0.5, 0.6) is 0 Å². The molecule has 0 heterocycles. The lowest BCUT2D eigenvalue weighted by Gasteiger charge is -2.35. The number of rotatable bonds is 3. The van der Waals surface area contributed by atoms with E-state index < -0.39 is 18.2 Å². The van der Waals surface area contributed by atoms with Crippen molar-refractivity contribution in [1.29, 1.82) is 0 Å². The van der Waals surface area contributed by atoms with Crippen LogP contribution in [0, 0.1) is 29.6 Å². The van der Waals surface area contributed by atoms with Crippen LogP contribution in [0.4, 0.5) is 13.2 Å². The van der Waals surface area contributed by atoms with Gasteiger partial charge in [0.2, 0.25) is 0 Å². The van der Waals surface area contributed by atoms with Crippen LogP contribution in [0.1, 0.15) is 57.8 Å². The van der Waals surface area contributed by atoms with E-state index in [9.17, 15) is 18.3 Å². The maximum absolute atomic E-state index is 12.8. The van der Waals surface area contributed by atoms with Crippen molar-refractivity contribution in [2.45, 2.75) is 70.1 Å². The normalized spacial score (nSPS) is 42.9. The number of aliphatic hydroxyl groups is 1. The molecule has 0 amide bonds. The Labute approximate surface area is 118 Å². The van der Waals surface area contributed by atoms with Gasteiger partial charge in [-0.25, -0.2) is 0 Å². The van der Waals surface area contributed by atoms with Crippen LogP contribution in [-0.4, -0.2) is 17.4 Å². The predicted octanol–water partition coefficient (Wildman–Crippen LogP) is 4.54. The molecule has 20 heavy (non-hydrogen) atoms. The average Bonchev–Trinajstić information content (AvgIpc) is 3.00. The Hall–Kier alpha value is -0.250. The summed E-state index contributed by atoms with van der Waals surface area (Å²) >= 11 is 0. The summed E-state index contributed by atoms with van der Waals surface area (Å²) in [6, 6.07) is 0. The Bertz CT molecular complexity index is 341. The number of hydrogen-bond acceptors (Lipinski definition) is 1. The van der Waals surface area contributed by atoms with Crippen molar-refractivity contribution in [3.8, 4) is 0 Å². The van der Waals surface area contributed by atoms with Gasteiger partial charge in [0.05, 0.1) is 12.0 Å². The summed E-state index contributed by atoms with van der Waals surface area (Å²) in [5.74, 6) is 0.851. The van der Waals surface area contributed by atoms with Crippen molar-refractivity contribution in [3.63, 3.8) is 0 Å². The summed E-state index contributed by atoms with van der Waals surface area (Å²) in [4.78, 5) is 0. The van der Waals surface area contributed by atoms with Gasteiger partial charge in [-0.05, 0) is 68.6 Å². The highest BCUT2D eigenvalue weighted by Crippen LogP contribution is 2.51. The van der Waals surface area contributed by atoms with Crippen LogP contribution in [0.2, 0.25) is 0 Å². The van der Waals surface area contributed by atoms with Gasteiger partial charge in [0.1, 0.15) is 0 Å². The third-order valence-electron chi connectivity index (χ3n) is 6.15. The van der Waals surface area contributed by atoms with Gasteiger partial charge >= 0.3 is 6.18 Å². The molecule has 3 aliphatic carbocycles. The first-order chi connectivity index (χ1) is 9.43. The SMILES string of the molecule is OC(CC1CC2CCC1C2)C1CCCC(C(F)(F)F)C1. The summed E-state index contributed by atoms with van der Waals surface area (Å²) in [7, 11) is 0. The molecule has 3 fully saturated rings. The van der Waals surface area contributed by atoms with Crippen molar-refractivity contribution in [2.75, 3.05) is 0 Å². The Kier molecular flexibility index (Phi) is 4.04.